The molecule has 0 aliphatic heterocycles. The van der Waals surface area contributed by atoms with E-state index in [0.717, 1.165) is 5.56 Å². The second kappa shape index (κ2) is 10.9. The minimum absolute atomic E-state index is 0.108. The molecular formula is C20H23ClN4O4S. The van der Waals surface area contributed by atoms with Crippen molar-refractivity contribution in [3.05, 3.63) is 64.7 Å². The molecule has 0 saturated carbocycles. The number of benzene rings is 2. The first-order valence-electron chi connectivity index (χ1n) is 9.23. The zero-order chi connectivity index (χ0) is 22.1. The standard InChI is InChI=1S/C20H23ClN4O4S/c1-3-25(4-2)30(28,29)18-11-7-16(8-12-18)20(27)22-14-19(26)24-23-13-15-5-9-17(21)10-6-15/h5-13H,3-4,14H2,1-2H3,(H,22,27)(H,24,26)/b23-13+. The maximum absolute atomic E-state index is 12.5. The number of hydrogen-bond donors (Lipinski definition) is 2. The number of rotatable bonds is 9. The smallest absolute Gasteiger partial charge is 0.259 e. The lowest BCUT2D eigenvalue weighted by Gasteiger charge is -2.18. The fourth-order valence-electron chi connectivity index (χ4n) is 2.52. The predicted octanol–water partition coefficient (Wildman–Crippen LogP) is 2.25. The molecule has 10 heteroatoms. The summed E-state index contributed by atoms with van der Waals surface area (Å²) >= 11 is 5.79. The second-order valence-corrected chi connectivity index (χ2v) is 8.52. The molecule has 0 aliphatic carbocycles. The second-order valence-electron chi connectivity index (χ2n) is 6.14. The van der Waals surface area contributed by atoms with E-state index >= 15 is 0 Å². The van der Waals surface area contributed by atoms with Crippen LogP contribution in [0.25, 0.3) is 0 Å². The van der Waals surface area contributed by atoms with E-state index in [9.17, 15) is 18.0 Å². The van der Waals surface area contributed by atoms with E-state index in [4.69, 9.17) is 11.6 Å². The fourth-order valence-corrected chi connectivity index (χ4v) is 4.10. The Bertz CT molecular complexity index is 1000. The normalized spacial score (nSPS) is 11.6. The van der Waals surface area contributed by atoms with Crippen molar-refractivity contribution in [2.45, 2.75) is 18.7 Å². The van der Waals surface area contributed by atoms with Crippen molar-refractivity contribution < 1.29 is 18.0 Å². The Morgan fingerprint density at radius 2 is 1.63 bits per heavy atom. The van der Waals surface area contributed by atoms with Gasteiger partial charge in [0.15, 0.2) is 0 Å². The largest absolute Gasteiger partial charge is 0.343 e. The van der Waals surface area contributed by atoms with Gasteiger partial charge in [-0.1, -0.05) is 37.6 Å². The summed E-state index contributed by atoms with van der Waals surface area (Å²) in [5, 5.41) is 6.85. The summed E-state index contributed by atoms with van der Waals surface area (Å²) in [6.45, 7) is 3.95. The van der Waals surface area contributed by atoms with Gasteiger partial charge in [-0.05, 0) is 42.0 Å². The maximum Gasteiger partial charge on any atom is 0.259 e. The Morgan fingerprint density at radius 3 is 2.20 bits per heavy atom. The van der Waals surface area contributed by atoms with Crippen LogP contribution in [0, 0.1) is 0 Å². The third-order valence-electron chi connectivity index (χ3n) is 4.14. The van der Waals surface area contributed by atoms with Crippen molar-refractivity contribution in [1.82, 2.24) is 15.0 Å². The number of carbonyl (C=O) groups excluding carboxylic acids is 2. The van der Waals surface area contributed by atoms with Crippen molar-refractivity contribution in [2.75, 3.05) is 19.6 Å². The van der Waals surface area contributed by atoms with E-state index in [2.05, 4.69) is 15.8 Å². The summed E-state index contributed by atoms with van der Waals surface area (Å²) < 4.78 is 26.3. The summed E-state index contributed by atoms with van der Waals surface area (Å²) in [5.41, 5.74) is 3.30. The molecule has 0 unspecified atom stereocenters. The van der Waals surface area contributed by atoms with Crippen molar-refractivity contribution in [1.29, 1.82) is 0 Å². The summed E-state index contributed by atoms with van der Waals surface area (Å²) in [4.78, 5) is 24.1. The van der Waals surface area contributed by atoms with E-state index < -0.39 is 21.8 Å². The Balaban J connectivity index is 1.88. The lowest BCUT2D eigenvalue weighted by atomic mass is 10.2. The SMILES string of the molecule is CCN(CC)S(=O)(=O)c1ccc(C(=O)NCC(=O)N/N=C/c2ccc(Cl)cc2)cc1. The van der Waals surface area contributed by atoms with Gasteiger partial charge in [-0.25, -0.2) is 13.8 Å². The van der Waals surface area contributed by atoms with Crippen molar-refractivity contribution in [3.63, 3.8) is 0 Å². The fraction of sp³-hybridized carbons (Fsp3) is 0.250. The zero-order valence-electron chi connectivity index (χ0n) is 16.6. The third-order valence-corrected chi connectivity index (χ3v) is 6.46. The molecule has 0 bridgehead atoms. The van der Waals surface area contributed by atoms with Crippen LogP contribution in [0.3, 0.4) is 0 Å². The molecule has 0 fully saturated rings. The molecule has 30 heavy (non-hydrogen) atoms. The minimum atomic E-state index is -3.59. The maximum atomic E-state index is 12.5. The lowest BCUT2D eigenvalue weighted by molar-refractivity contribution is -0.120. The lowest BCUT2D eigenvalue weighted by Crippen LogP contribution is -2.35. The number of hydrogen-bond acceptors (Lipinski definition) is 5. The highest BCUT2D eigenvalue weighted by Crippen LogP contribution is 2.16. The quantitative estimate of drug-likeness (QED) is 0.451. The molecule has 0 atom stereocenters. The Morgan fingerprint density at radius 1 is 1.03 bits per heavy atom. The van der Waals surface area contributed by atoms with Gasteiger partial charge in [0.05, 0.1) is 17.7 Å². The zero-order valence-corrected chi connectivity index (χ0v) is 18.2. The van der Waals surface area contributed by atoms with Crippen LogP contribution in [0.2, 0.25) is 5.02 Å². The van der Waals surface area contributed by atoms with Gasteiger partial charge >= 0.3 is 0 Å². The summed E-state index contributed by atoms with van der Waals surface area (Å²) in [7, 11) is -3.59. The van der Waals surface area contributed by atoms with Crippen LogP contribution in [0.15, 0.2) is 58.5 Å². The Kier molecular flexibility index (Phi) is 8.52. The molecule has 2 amide bonds. The summed E-state index contributed by atoms with van der Waals surface area (Å²) in [6, 6.07) is 12.4. The predicted molar refractivity (Wildman–Crippen MR) is 116 cm³/mol. The van der Waals surface area contributed by atoms with E-state index in [0.29, 0.717) is 18.1 Å². The van der Waals surface area contributed by atoms with Crippen LogP contribution < -0.4 is 10.7 Å². The molecule has 0 aliphatic rings. The first kappa shape index (κ1) is 23.5. The van der Waals surface area contributed by atoms with Gasteiger partial charge in [0.25, 0.3) is 11.8 Å². The van der Waals surface area contributed by atoms with Crippen molar-refractivity contribution in [3.8, 4) is 0 Å². The van der Waals surface area contributed by atoms with Crippen molar-refractivity contribution >= 4 is 39.7 Å². The van der Waals surface area contributed by atoms with Crippen LogP contribution >= 0.6 is 11.6 Å². The van der Waals surface area contributed by atoms with Crippen LogP contribution in [0.1, 0.15) is 29.8 Å². The molecule has 160 valence electrons. The van der Waals surface area contributed by atoms with Gasteiger partial charge < -0.3 is 5.32 Å². The number of sulfonamides is 1. The van der Waals surface area contributed by atoms with Gasteiger partial charge in [-0.3, -0.25) is 9.59 Å². The molecular weight excluding hydrogens is 428 g/mol. The van der Waals surface area contributed by atoms with Gasteiger partial charge in [0.1, 0.15) is 0 Å². The van der Waals surface area contributed by atoms with E-state index in [1.165, 1.54) is 34.8 Å². The number of hydrazone groups is 1. The molecule has 2 rings (SSSR count). The average Bonchev–Trinajstić information content (AvgIpc) is 2.74. The van der Waals surface area contributed by atoms with Crippen LogP contribution in [0.5, 0.6) is 0 Å². The number of nitrogens with zero attached hydrogens (tertiary/aromatic N) is 2. The molecule has 0 spiro atoms. The first-order chi connectivity index (χ1) is 14.3. The van der Waals surface area contributed by atoms with Crippen LogP contribution in [0.4, 0.5) is 0 Å². The minimum Gasteiger partial charge on any atom is -0.343 e. The molecule has 0 aromatic heterocycles. The highest BCUT2D eigenvalue weighted by atomic mass is 35.5. The number of amides is 2. The van der Waals surface area contributed by atoms with E-state index in [1.54, 1.807) is 38.1 Å². The average molecular weight is 451 g/mol. The number of carbonyl (C=O) groups is 2. The van der Waals surface area contributed by atoms with Gasteiger partial charge in [-0.2, -0.15) is 9.41 Å². The van der Waals surface area contributed by atoms with E-state index in [1.807, 2.05) is 0 Å². The molecule has 2 N–H and O–H groups in total. The van der Waals surface area contributed by atoms with Gasteiger partial charge in [-0.15, -0.1) is 0 Å². The molecule has 0 radical (unpaired) electrons. The monoisotopic (exact) mass is 450 g/mol. The summed E-state index contributed by atoms with van der Waals surface area (Å²) in [5.74, 6) is -1.01. The molecule has 0 heterocycles. The van der Waals surface area contributed by atoms with E-state index in [-0.39, 0.29) is 17.0 Å². The van der Waals surface area contributed by atoms with Gasteiger partial charge in [0.2, 0.25) is 10.0 Å². The highest BCUT2D eigenvalue weighted by Gasteiger charge is 2.21. The van der Waals surface area contributed by atoms with Crippen molar-refractivity contribution in [2.24, 2.45) is 5.10 Å². The first-order valence-corrected chi connectivity index (χ1v) is 11.1. The number of nitrogens with one attached hydrogen (secondary N) is 2. The summed E-state index contributed by atoms with van der Waals surface area (Å²) in [6.07, 6.45) is 1.45. The molecule has 8 nitrogen and oxygen atoms in total. The van der Waals surface area contributed by atoms with Gasteiger partial charge in [0, 0.05) is 23.7 Å². The number of halogens is 1. The Labute approximate surface area is 181 Å². The van der Waals surface area contributed by atoms with Crippen LogP contribution in [-0.4, -0.2) is 50.4 Å². The third kappa shape index (κ3) is 6.38. The molecule has 2 aromatic carbocycles. The topological polar surface area (TPSA) is 108 Å². The molecule has 2 aromatic rings. The molecule has 0 saturated heterocycles. The Hall–Kier alpha value is -2.75. The van der Waals surface area contributed by atoms with Crippen LogP contribution in [-0.2, 0) is 14.8 Å². The highest BCUT2D eigenvalue weighted by molar-refractivity contribution is 7.89.